The normalized spacial score (nSPS) is 12.6. The molecule has 1 amide bonds. The van der Waals surface area contributed by atoms with Crippen LogP contribution in [-0.4, -0.2) is 37.3 Å². The molecule has 130 valence electrons. The van der Waals surface area contributed by atoms with Gasteiger partial charge in [0, 0.05) is 18.9 Å². The van der Waals surface area contributed by atoms with Crippen LogP contribution in [0.15, 0.2) is 35.5 Å². The number of sulfonamides is 1. The van der Waals surface area contributed by atoms with Crippen molar-refractivity contribution < 1.29 is 17.9 Å². The number of amides is 1. The molecule has 0 saturated heterocycles. The highest BCUT2D eigenvalue weighted by molar-refractivity contribution is 7.89. The number of methoxy groups -OCH3 is 1. The van der Waals surface area contributed by atoms with Gasteiger partial charge in [-0.2, -0.15) is 9.82 Å². The second-order valence-electron chi connectivity index (χ2n) is 5.14. The summed E-state index contributed by atoms with van der Waals surface area (Å²) in [5, 5.41) is 6.39. The molecular formula is C14H19N5O4S. The number of carbonyl (C=O) groups is 1. The number of nitrogens with zero attached hydrogens (tertiary/aromatic N) is 2. The fourth-order valence-electron chi connectivity index (χ4n) is 1.95. The van der Waals surface area contributed by atoms with E-state index in [1.54, 1.807) is 19.2 Å². The van der Waals surface area contributed by atoms with Crippen LogP contribution in [0, 0.1) is 0 Å². The summed E-state index contributed by atoms with van der Waals surface area (Å²) in [6, 6.07) is 3.75. The minimum atomic E-state index is -3.83. The molecule has 1 aromatic heterocycles. The summed E-state index contributed by atoms with van der Waals surface area (Å²) in [4.78, 5) is 12.1. The number of rotatable bonds is 6. The number of nitrogen functional groups attached to an aromatic ring is 1. The van der Waals surface area contributed by atoms with Crippen molar-refractivity contribution in [3.8, 4) is 5.75 Å². The first-order chi connectivity index (χ1) is 11.2. The maximum absolute atomic E-state index is 12.2. The van der Waals surface area contributed by atoms with Gasteiger partial charge in [-0.1, -0.05) is 0 Å². The van der Waals surface area contributed by atoms with E-state index in [2.05, 4.69) is 15.1 Å². The highest BCUT2D eigenvalue weighted by Crippen LogP contribution is 2.24. The van der Waals surface area contributed by atoms with E-state index < -0.39 is 22.0 Å². The fraction of sp³-hybridized carbons (Fsp3) is 0.286. The molecule has 2 aromatic rings. The van der Waals surface area contributed by atoms with E-state index in [0.717, 1.165) is 0 Å². The van der Waals surface area contributed by atoms with Crippen molar-refractivity contribution in [2.45, 2.75) is 17.9 Å². The van der Waals surface area contributed by atoms with Gasteiger partial charge in [-0.3, -0.25) is 9.48 Å². The van der Waals surface area contributed by atoms with E-state index in [-0.39, 0.29) is 4.90 Å². The number of nitrogens with two attached hydrogens (primary N) is 1. The van der Waals surface area contributed by atoms with E-state index in [4.69, 9.17) is 10.5 Å². The Balaban J connectivity index is 2.06. The number of ether oxygens (including phenoxy) is 1. The van der Waals surface area contributed by atoms with Crippen LogP contribution in [0.3, 0.4) is 0 Å². The summed E-state index contributed by atoms with van der Waals surface area (Å²) in [6.45, 7) is 1.44. The number of aryl methyl sites for hydroxylation is 1. The molecule has 9 nitrogen and oxygen atoms in total. The maximum atomic E-state index is 12.2. The van der Waals surface area contributed by atoms with E-state index in [1.807, 2.05) is 0 Å². The second-order valence-corrected chi connectivity index (χ2v) is 6.85. The Hall–Kier alpha value is -2.59. The van der Waals surface area contributed by atoms with Crippen LogP contribution in [0.5, 0.6) is 5.75 Å². The standard InChI is InChI=1S/C14H19N5O4S/c1-9(18-24(21,22)11-7-16-19(2)8-11)14(20)17-10-4-5-13(23-3)12(15)6-10/h4-9,18H,15H2,1-3H3,(H,17,20). The number of nitrogens with one attached hydrogen (secondary N) is 2. The molecule has 1 atom stereocenters. The van der Waals surface area contributed by atoms with Crippen LogP contribution >= 0.6 is 0 Å². The third-order valence-corrected chi connectivity index (χ3v) is 4.71. The average molecular weight is 353 g/mol. The van der Waals surface area contributed by atoms with Crippen molar-refractivity contribution in [1.29, 1.82) is 0 Å². The van der Waals surface area contributed by atoms with Gasteiger partial charge < -0.3 is 15.8 Å². The van der Waals surface area contributed by atoms with Gasteiger partial charge in [0.05, 0.1) is 25.0 Å². The summed E-state index contributed by atoms with van der Waals surface area (Å²) in [5.41, 5.74) is 6.56. The van der Waals surface area contributed by atoms with Crippen LogP contribution < -0.4 is 20.5 Å². The number of benzene rings is 1. The van der Waals surface area contributed by atoms with Crippen LogP contribution in [0.4, 0.5) is 11.4 Å². The molecule has 0 fully saturated rings. The minimum Gasteiger partial charge on any atom is -0.495 e. The number of hydrogen-bond donors (Lipinski definition) is 3. The number of hydrogen-bond acceptors (Lipinski definition) is 6. The molecule has 0 aliphatic rings. The van der Waals surface area contributed by atoms with Crippen molar-refractivity contribution >= 4 is 27.3 Å². The third kappa shape index (κ3) is 4.03. The molecule has 10 heteroatoms. The first-order valence-corrected chi connectivity index (χ1v) is 8.46. The maximum Gasteiger partial charge on any atom is 0.244 e. The molecule has 2 rings (SSSR count). The molecule has 0 radical (unpaired) electrons. The fourth-order valence-corrected chi connectivity index (χ4v) is 3.14. The van der Waals surface area contributed by atoms with Crippen molar-refractivity contribution in [2.75, 3.05) is 18.2 Å². The molecule has 1 unspecified atom stereocenters. The minimum absolute atomic E-state index is 0.0154. The predicted octanol–water partition coefficient (Wildman–Crippen LogP) is 0.316. The van der Waals surface area contributed by atoms with Crippen LogP contribution in [0.2, 0.25) is 0 Å². The third-order valence-electron chi connectivity index (χ3n) is 3.21. The van der Waals surface area contributed by atoms with Crippen molar-refractivity contribution in [1.82, 2.24) is 14.5 Å². The lowest BCUT2D eigenvalue weighted by molar-refractivity contribution is -0.117. The first-order valence-electron chi connectivity index (χ1n) is 6.98. The molecule has 24 heavy (non-hydrogen) atoms. The van der Waals surface area contributed by atoms with Crippen LogP contribution in [0.1, 0.15) is 6.92 Å². The molecule has 1 aromatic carbocycles. The Labute approximate surface area is 139 Å². The molecule has 0 aliphatic carbocycles. The number of anilines is 2. The van der Waals surface area contributed by atoms with E-state index in [0.29, 0.717) is 17.1 Å². The highest BCUT2D eigenvalue weighted by atomic mass is 32.2. The first kappa shape index (κ1) is 17.8. The lowest BCUT2D eigenvalue weighted by atomic mass is 10.2. The zero-order chi connectivity index (χ0) is 17.9. The molecule has 0 saturated carbocycles. The molecule has 0 spiro atoms. The number of aromatic nitrogens is 2. The number of carbonyl (C=O) groups excluding carboxylic acids is 1. The summed E-state index contributed by atoms with van der Waals surface area (Å²) in [5.74, 6) is -0.0367. The molecule has 4 N–H and O–H groups in total. The smallest absolute Gasteiger partial charge is 0.244 e. The van der Waals surface area contributed by atoms with Gasteiger partial charge >= 0.3 is 0 Å². The Morgan fingerprint density at radius 3 is 2.67 bits per heavy atom. The largest absolute Gasteiger partial charge is 0.495 e. The van der Waals surface area contributed by atoms with E-state index in [9.17, 15) is 13.2 Å². The van der Waals surface area contributed by atoms with Gasteiger partial charge in [0.2, 0.25) is 15.9 Å². The van der Waals surface area contributed by atoms with Crippen LogP contribution in [-0.2, 0) is 21.9 Å². The van der Waals surface area contributed by atoms with Gasteiger partial charge in [-0.15, -0.1) is 0 Å². The van der Waals surface area contributed by atoms with Gasteiger partial charge in [-0.05, 0) is 25.1 Å². The van der Waals surface area contributed by atoms with Gasteiger partial charge in [0.25, 0.3) is 0 Å². The van der Waals surface area contributed by atoms with Gasteiger partial charge in [-0.25, -0.2) is 8.42 Å². The molecule has 1 heterocycles. The SMILES string of the molecule is COc1ccc(NC(=O)C(C)NS(=O)(=O)c2cnn(C)c2)cc1N. The lowest BCUT2D eigenvalue weighted by Crippen LogP contribution is -2.41. The van der Waals surface area contributed by atoms with Gasteiger partial charge in [0.1, 0.15) is 10.6 Å². The molecular weight excluding hydrogens is 334 g/mol. The zero-order valence-electron chi connectivity index (χ0n) is 13.5. The Morgan fingerprint density at radius 1 is 1.42 bits per heavy atom. The topological polar surface area (TPSA) is 128 Å². The van der Waals surface area contributed by atoms with E-state index >= 15 is 0 Å². The van der Waals surface area contributed by atoms with Crippen molar-refractivity contribution in [2.24, 2.45) is 7.05 Å². The Morgan fingerprint density at radius 2 is 2.12 bits per heavy atom. The lowest BCUT2D eigenvalue weighted by Gasteiger charge is -2.14. The average Bonchev–Trinajstić information content (AvgIpc) is 2.94. The Bertz CT molecular complexity index is 847. The quantitative estimate of drug-likeness (QED) is 0.642. The zero-order valence-corrected chi connectivity index (χ0v) is 14.3. The summed E-state index contributed by atoms with van der Waals surface area (Å²) >= 11 is 0. The highest BCUT2D eigenvalue weighted by Gasteiger charge is 2.23. The molecule has 0 aliphatic heterocycles. The Kier molecular flexibility index (Phi) is 5.10. The van der Waals surface area contributed by atoms with Crippen molar-refractivity contribution in [3.63, 3.8) is 0 Å². The predicted molar refractivity (Wildman–Crippen MR) is 89.0 cm³/mol. The van der Waals surface area contributed by atoms with Crippen molar-refractivity contribution in [3.05, 3.63) is 30.6 Å². The summed E-state index contributed by atoms with van der Waals surface area (Å²) in [7, 11) is -0.748. The van der Waals surface area contributed by atoms with E-state index in [1.165, 1.54) is 37.2 Å². The second kappa shape index (κ2) is 6.89. The monoisotopic (exact) mass is 353 g/mol. The van der Waals surface area contributed by atoms with Gasteiger partial charge in [0.15, 0.2) is 0 Å². The van der Waals surface area contributed by atoms with Crippen LogP contribution in [0.25, 0.3) is 0 Å². The summed E-state index contributed by atoms with van der Waals surface area (Å²) in [6.07, 6.45) is 2.55. The summed E-state index contributed by atoms with van der Waals surface area (Å²) < 4.78 is 33.0. The molecule has 0 bridgehead atoms.